The Labute approximate surface area is 169 Å². The molecule has 0 fully saturated rings. The first-order valence-corrected chi connectivity index (χ1v) is 9.44. The predicted octanol–water partition coefficient (Wildman–Crippen LogP) is 2.49. The summed E-state index contributed by atoms with van der Waals surface area (Å²) in [5, 5.41) is 18.6. The van der Waals surface area contributed by atoms with E-state index in [1.54, 1.807) is 19.1 Å². The summed E-state index contributed by atoms with van der Waals surface area (Å²) in [7, 11) is 1.49. The zero-order chi connectivity index (χ0) is 21.5. The number of ketones is 1. The number of nitrogens with zero attached hydrogens (tertiary/aromatic N) is 3. The van der Waals surface area contributed by atoms with Gasteiger partial charge in [-0.05, 0) is 39.0 Å². The largest absolute Gasteiger partial charge is 0.506 e. The van der Waals surface area contributed by atoms with E-state index in [0.717, 1.165) is 23.8 Å². The molecular weight excluding hydrogens is 372 g/mol. The van der Waals surface area contributed by atoms with Crippen LogP contribution in [0.5, 0.6) is 0 Å². The van der Waals surface area contributed by atoms with Gasteiger partial charge < -0.3 is 15.3 Å². The molecule has 1 aromatic carbocycles. The van der Waals surface area contributed by atoms with Gasteiger partial charge in [0.05, 0.1) is 28.1 Å². The van der Waals surface area contributed by atoms with Gasteiger partial charge in [0.15, 0.2) is 0 Å². The number of benzene rings is 1. The quantitative estimate of drug-likeness (QED) is 0.745. The number of likely N-dealkylation sites (N-methyl/N-ethyl adjacent to an activating group) is 1. The number of carbonyl (C=O) groups is 3. The molecule has 2 N–H and O–H groups in total. The molecular formula is C21H24N4O4. The van der Waals surface area contributed by atoms with Gasteiger partial charge in [-0.25, -0.2) is 5.01 Å². The molecule has 1 aromatic rings. The fraction of sp³-hybridized carbons (Fsp3) is 0.333. The Morgan fingerprint density at radius 2 is 1.83 bits per heavy atom. The second-order valence-corrected chi connectivity index (χ2v) is 6.90. The fourth-order valence-corrected chi connectivity index (χ4v) is 3.64. The number of carbonyl (C=O) groups excluding carboxylic acids is 3. The van der Waals surface area contributed by atoms with E-state index < -0.39 is 11.7 Å². The van der Waals surface area contributed by atoms with Crippen LogP contribution >= 0.6 is 0 Å². The summed E-state index contributed by atoms with van der Waals surface area (Å²) in [6.07, 6.45) is 0. The molecule has 3 rings (SSSR count). The smallest absolute Gasteiger partial charge is 0.276 e. The van der Waals surface area contributed by atoms with Gasteiger partial charge in [0, 0.05) is 38.3 Å². The second kappa shape index (κ2) is 7.54. The minimum Gasteiger partial charge on any atom is -0.506 e. The Morgan fingerprint density at radius 3 is 2.31 bits per heavy atom. The first-order valence-electron chi connectivity index (χ1n) is 9.44. The lowest BCUT2D eigenvalue weighted by Crippen LogP contribution is -2.28. The van der Waals surface area contributed by atoms with Crippen LogP contribution in [-0.4, -0.2) is 53.6 Å². The van der Waals surface area contributed by atoms with Crippen LogP contribution in [0, 0.1) is 0 Å². The van der Waals surface area contributed by atoms with E-state index in [1.807, 2.05) is 19.9 Å². The number of hydrogen-bond acceptors (Lipinski definition) is 6. The van der Waals surface area contributed by atoms with Gasteiger partial charge in [0.25, 0.3) is 5.91 Å². The summed E-state index contributed by atoms with van der Waals surface area (Å²) in [4.78, 5) is 39.0. The Bertz CT molecular complexity index is 1020. The van der Waals surface area contributed by atoms with E-state index in [-0.39, 0.29) is 28.4 Å². The van der Waals surface area contributed by atoms with E-state index in [4.69, 9.17) is 0 Å². The van der Waals surface area contributed by atoms with Crippen LogP contribution in [0.3, 0.4) is 0 Å². The van der Waals surface area contributed by atoms with Crippen molar-refractivity contribution in [3.05, 3.63) is 40.7 Å². The van der Waals surface area contributed by atoms with Crippen molar-refractivity contribution in [1.29, 1.82) is 0 Å². The van der Waals surface area contributed by atoms with Gasteiger partial charge in [-0.15, -0.1) is 0 Å². The molecule has 0 aromatic heterocycles. The van der Waals surface area contributed by atoms with Crippen molar-refractivity contribution in [2.24, 2.45) is 5.10 Å². The van der Waals surface area contributed by atoms with E-state index in [9.17, 15) is 19.5 Å². The molecule has 29 heavy (non-hydrogen) atoms. The highest BCUT2D eigenvalue weighted by molar-refractivity contribution is 6.44. The first-order chi connectivity index (χ1) is 13.7. The first kappa shape index (κ1) is 20.3. The monoisotopic (exact) mass is 396 g/mol. The third-order valence-corrected chi connectivity index (χ3v) is 5.06. The third kappa shape index (κ3) is 3.30. The molecule has 2 aliphatic rings. The number of rotatable bonds is 5. The normalized spacial score (nSPS) is 18.8. The van der Waals surface area contributed by atoms with Gasteiger partial charge in [-0.3, -0.25) is 14.4 Å². The van der Waals surface area contributed by atoms with E-state index >= 15 is 0 Å². The van der Waals surface area contributed by atoms with E-state index in [0.29, 0.717) is 17.0 Å². The SMILES string of the molecule is CCN(CC)c1ccc(C2=C(O)/C(=C3\C(=O)N(C)N=C3C)C2=O)c(NC(C)=O)c1. The van der Waals surface area contributed by atoms with Crippen molar-refractivity contribution in [1.82, 2.24) is 5.01 Å². The number of Topliss-reactive ketones (excluding diaryl/α,β-unsaturated/α-hetero) is 1. The lowest BCUT2D eigenvalue weighted by molar-refractivity contribution is -0.125. The number of anilines is 2. The summed E-state index contributed by atoms with van der Waals surface area (Å²) in [6.45, 7) is 8.61. The fourth-order valence-electron chi connectivity index (χ4n) is 3.64. The van der Waals surface area contributed by atoms with Gasteiger partial charge >= 0.3 is 0 Å². The van der Waals surface area contributed by atoms with E-state index in [1.165, 1.54) is 14.0 Å². The van der Waals surface area contributed by atoms with Crippen LogP contribution in [0.2, 0.25) is 0 Å². The summed E-state index contributed by atoms with van der Waals surface area (Å²) in [5.41, 5.74) is 2.28. The number of aliphatic hydroxyl groups is 1. The molecule has 8 heteroatoms. The summed E-state index contributed by atoms with van der Waals surface area (Å²) >= 11 is 0. The maximum absolute atomic E-state index is 12.9. The van der Waals surface area contributed by atoms with Gasteiger partial charge in [-0.2, -0.15) is 5.10 Å². The molecule has 1 heterocycles. The molecule has 152 valence electrons. The molecule has 8 nitrogen and oxygen atoms in total. The van der Waals surface area contributed by atoms with Crippen LogP contribution in [0.15, 0.2) is 40.2 Å². The average Bonchev–Trinajstić information content (AvgIpc) is 2.90. The molecule has 0 spiro atoms. The van der Waals surface area contributed by atoms with Crippen LogP contribution in [-0.2, 0) is 14.4 Å². The standard InChI is InChI=1S/C21H24N4O4/c1-6-25(7-2)13-8-9-14(15(10-13)22-12(4)26)17-19(27)18(20(17)28)16-11(3)23-24(5)21(16)29/h8-10,27H,6-7H2,1-5H3,(H,22,26)/b18-16+. The molecule has 1 aliphatic carbocycles. The van der Waals surface area contributed by atoms with Crippen LogP contribution in [0.25, 0.3) is 5.57 Å². The van der Waals surface area contributed by atoms with Crippen molar-refractivity contribution in [3.8, 4) is 0 Å². The third-order valence-electron chi connectivity index (χ3n) is 5.06. The maximum atomic E-state index is 12.9. The molecule has 1 aliphatic heterocycles. The minimum atomic E-state index is -0.446. The highest BCUT2D eigenvalue weighted by Crippen LogP contribution is 2.42. The molecule has 0 radical (unpaired) electrons. The number of amides is 2. The van der Waals surface area contributed by atoms with Crippen molar-refractivity contribution < 1.29 is 19.5 Å². The number of hydrogen-bond donors (Lipinski definition) is 2. The van der Waals surface area contributed by atoms with E-state index in [2.05, 4.69) is 15.3 Å². The highest BCUT2D eigenvalue weighted by Gasteiger charge is 2.42. The molecule has 0 saturated heterocycles. The Kier molecular flexibility index (Phi) is 5.28. The average molecular weight is 396 g/mol. The maximum Gasteiger partial charge on any atom is 0.276 e. The molecule has 2 amide bonds. The number of allylic oxidation sites excluding steroid dienone is 2. The van der Waals surface area contributed by atoms with Crippen molar-refractivity contribution in [2.45, 2.75) is 27.7 Å². The Morgan fingerprint density at radius 1 is 1.17 bits per heavy atom. The summed E-state index contributed by atoms with van der Waals surface area (Å²) in [5.74, 6) is -1.43. The molecule has 0 saturated carbocycles. The molecule has 0 atom stereocenters. The zero-order valence-electron chi connectivity index (χ0n) is 17.2. The lowest BCUT2D eigenvalue weighted by atomic mass is 9.79. The number of hydrazone groups is 1. The van der Waals surface area contributed by atoms with Crippen molar-refractivity contribution in [2.75, 3.05) is 30.4 Å². The summed E-state index contributed by atoms with van der Waals surface area (Å²) < 4.78 is 0. The Balaban J connectivity index is 2.12. The molecule has 0 unspecified atom stereocenters. The van der Waals surface area contributed by atoms with Gasteiger partial charge in [0.1, 0.15) is 5.76 Å². The number of aliphatic hydroxyl groups excluding tert-OH is 1. The topological polar surface area (TPSA) is 102 Å². The zero-order valence-corrected chi connectivity index (χ0v) is 17.2. The lowest BCUT2D eigenvalue weighted by Gasteiger charge is -2.27. The van der Waals surface area contributed by atoms with Crippen LogP contribution in [0.1, 0.15) is 33.3 Å². The van der Waals surface area contributed by atoms with Gasteiger partial charge in [0.2, 0.25) is 11.7 Å². The highest BCUT2D eigenvalue weighted by atomic mass is 16.3. The Hall–Kier alpha value is -3.42. The number of nitrogens with one attached hydrogen (secondary N) is 1. The van der Waals surface area contributed by atoms with Crippen molar-refractivity contribution in [3.63, 3.8) is 0 Å². The summed E-state index contributed by atoms with van der Waals surface area (Å²) in [6, 6.07) is 5.32. The van der Waals surface area contributed by atoms with Crippen LogP contribution in [0.4, 0.5) is 11.4 Å². The minimum absolute atomic E-state index is 0.0304. The van der Waals surface area contributed by atoms with Crippen molar-refractivity contribution >= 4 is 40.3 Å². The molecule has 0 bridgehead atoms. The van der Waals surface area contributed by atoms with Gasteiger partial charge in [-0.1, -0.05) is 0 Å². The second-order valence-electron chi connectivity index (χ2n) is 6.90. The predicted molar refractivity (Wildman–Crippen MR) is 112 cm³/mol. The van der Waals surface area contributed by atoms with Crippen LogP contribution < -0.4 is 10.2 Å².